The van der Waals surface area contributed by atoms with Gasteiger partial charge >= 0.3 is 5.97 Å². The molecule has 0 radical (unpaired) electrons. The molecule has 0 bridgehead atoms. The second kappa shape index (κ2) is 11.0. The van der Waals surface area contributed by atoms with Gasteiger partial charge in [-0.1, -0.05) is 23.8 Å². The van der Waals surface area contributed by atoms with Gasteiger partial charge in [-0.2, -0.15) is 5.26 Å². The third-order valence-corrected chi connectivity index (χ3v) is 4.48. The lowest BCUT2D eigenvalue weighted by Crippen LogP contribution is -2.21. The molecule has 7 heteroatoms. The van der Waals surface area contributed by atoms with Crippen LogP contribution in [0.25, 0.3) is 6.08 Å². The van der Waals surface area contributed by atoms with Crippen LogP contribution in [0.2, 0.25) is 0 Å². The van der Waals surface area contributed by atoms with E-state index in [1.807, 2.05) is 39.0 Å². The van der Waals surface area contributed by atoms with E-state index < -0.39 is 5.97 Å². The summed E-state index contributed by atoms with van der Waals surface area (Å²) in [6, 6.07) is 10.7. The number of hydrogen-bond acceptors (Lipinski definition) is 6. The third-order valence-electron chi connectivity index (χ3n) is 4.48. The maximum Gasteiger partial charge on any atom is 0.349 e. The highest BCUT2D eigenvalue weighted by Gasteiger charge is 2.14. The second-order valence-corrected chi connectivity index (χ2v) is 7.64. The van der Waals surface area contributed by atoms with Gasteiger partial charge < -0.3 is 19.5 Å². The lowest BCUT2D eigenvalue weighted by atomic mass is 10.1. The number of ether oxygens (including phenoxy) is 3. The van der Waals surface area contributed by atoms with E-state index in [1.165, 1.54) is 13.2 Å². The largest absolute Gasteiger partial charge is 0.493 e. The van der Waals surface area contributed by atoms with Crippen molar-refractivity contribution in [1.82, 2.24) is 0 Å². The molecule has 1 amide bonds. The minimum Gasteiger partial charge on any atom is -0.493 e. The molecule has 2 aromatic carbocycles. The van der Waals surface area contributed by atoms with Gasteiger partial charge in [-0.05, 0) is 69.5 Å². The Labute approximate surface area is 188 Å². The van der Waals surface area contributed by atoms with Gasteiger partial charge in [0, 0.05) is 5.69 Å². The number of benzene rings is 2. The first-order valence-electron chi connectivity index (χ1n) is 10.2. The van der Waals surface area contributed by atoms with Crippen LogP contribution < -0.4 is 14.8 Å². The number of carbonyl (C=O) groups is 2. The number of aryl methyl sites for hydroxylation is 3. The first kappa shape index (κ1) is 24.5. The number of nitrogens with zero attached hydrogens (tertiary/aromatic N) is 1. The van der Waals surface area contributed by atoms with Crippen LogP contribution in [0.15, 0.2) is 35.9 Å². The minimum atomic E-state index is -0.694. The highest BCUT2D eigenvalue weighted by molar-refractivity contribution is 5.98. The van der Waals surface area contributed by atoms with E-state index >= 15 is 0 Å². The van der Waals surface area contributed by atoms with E-state index in [9.17, 15) is 14.9 Å². The average molecular weight is 437 g/mol. The Kier molecular flexibility index (Phi) is 8.42. The molecule has 2 rings (SSSR count). The summed E-state index contributed by atoms with van der Waals surface area (Å²) < 4.78 is 16.0. The topological polar surface area (TPSA) is 97.7 Å². The van der Waals surface area contributed by atoms with Crippen LogP contribution in [0.5, 0.6) is 11.5 Å². The monoisotopic (exact) mass is 436 g/mol. The van der Waals surface area contributed by atoms with Crippen molar-refractivity contribution in [1.29, 1.82) is 5.26 Å². The maximum absolute atomic E-state index is 12.4. The zero-order chi connectivity index (χ0) is 23.8. The van der Waals surface area contributed by atoms with Crippen molar-refractivity contribution < 1.29 is 23.8 Å². The van der Waals surface area contributed by atoms with Crippen molar-refractivity contribution >= 4 is 23.6 Å². The predicted molar refractivity (Wildman–Crippen MR) is 123 cm³/mol. The number of nitrogens with one attached hydrogen (secondary N) is 1. The minimum absolute atomic E-state index is 0.127. The first-order valence-corrected chi connectivity index (χ1v) is 10.2. The summed E-state index contributed by atoms with van der Waals surface area (Å²) in [5.74, 6) is -0.265. The molecule has 7 nitrogen and oxygen atoms in total. The molecule has 0 saturated heterocycles. The molecule has 168 valence electrons. The van der Waals surface area contributed by atoms with Crippen LogP contribution in [0.1, 0.15) is 36.1 Å². The number of amides is 1. The molecule has 0 spiro atoms. The van der Waals surface area contributed by atoms with Gasteiger partial charge in [0.2, 0.25) is 0 Å². The molecule has 1 N–H and O–H groups in total. The summed E-state index contributed by atoms with van der Waals surface area (Å²) in [5, 5.41) is 12.1. The molecular weight excluding hydrogens is 408 g/mol. The quantitative estimate of drug-likeness (QED) is 0.372. The number of esters is 1. The number of nitriles is 1. The fourth-order valence-corrected chi connectivity index (χ4v) is 3.17. The van der Waals surface area contributed by atoms with E-state index in [0.29, 0.717) is 17.1 Å². The summed E-state index contributed by atoms with van der Waals surface area (Å²) in [4.78, 5) is 24.4. The fourth-order valence-electron chi connectivity index (χ4n) is 3.17. The van der Waals surface area contributed by atoms with Crippen molar-refractivity contribution in [3.63, 3.8) is 0 Å². The van der Waals surface area contributed by atoms with Gasteiger partial charge in [0.15, 0.2) is 18.1 Å². The molecule has 0 unspecified atom stereocenters. The Morgan fingerprint density at radius 1 is 1.09 bits per heavy atom. The van der Waals surface area contributed by atoms with E-state index in [4.69, 9.17) is 14.2 Å². The Bertz CT molecular complexity index is 1060. The fraction of sp³-hybridized carbons (Fsp3) is 0.320. The van der Waals surface area contributed by atoms with Crippen molar-refractivity contribution in [2.45, 2.75) is 40.7 Å². The summed E-state index contributed by atoms with van der Waals surface area (Å²) in [6.45, 7) is 9.10. The van der Waals surface area contributed by atoms with E-state index in [0.717, 1.165) is 22.4 Å². The van der Waals surface area contributed by atoms with Gasteiger partial charge in [-0.25, -0.2) is 4.79 Å². The van der Waals surface area contributed by atoms with Crippen molar-refractivity contribution in [3.8, 4) is 17.6 Å². The zero-order valence-corrected chi connectivity index (χ0v) is 19.2. The first-order chi connectivity index (χ1) is 15.1. The number of carbonyl (C=O) groups excluding carboxylic acids is 2. The molecule has 0 saturated carbocycles. The van der Waals surface area contributed by atoms with E-state index in [-0.39, 0.29) is 24.2 Å². The molecule has 0 aliphatic heterocycles. The Morgan fingerprint density at radius 3 is 2.31 bits per heavy atom. The Balaban J connectivity index is 2.12. The second-order valence-electron chi connectivity index (χ2n) is 7.64. The summed E-state index contributed by atoms with van der Waals surface area (Å²) in [7, 11) is 1.47. The molecule has 0 aliphatic carbocycles. The van der Waals surface area contributed by atoms with Gasteiger partial charge in [-0.15, -0.1) is 0 Å². The Hall–Kier alpha value is -3.79. The van der Waals surface area contributed by atoms with Crippen LogP contribution >= 0.6 is 0 Å². The lowest BCUT2D eigenvalue weighted by molar-refractivity contribution is -0.142. The highest BCUT2D eigenvalue weighted by Crippen LogP contribution is 2.29. The van der Waals surface area contributed by atoms with Crippen LogP contribution in [-0.2, 0) is 14.3 Å². The molecular formula is C25H28N2O5. The van der Waals surface area contributed by atoms with E-state index in [2.05, 4.69) is 5.32 Å². The zero-order valence-electron chi connectivity index (χ0n) is 19.2. The standard InChI is InChI=1S/C25H28N2O5/c1-15(2)32-25(29)20(13-26)11-19-7-8-21(22(12-19)30-6)31-14-23(28)27-24-17(4)9-16(3)10-18(24)5/h7-12,15H,14H2,1-6H3,(H,27,28)/b20-11-. The summed E-state index contributed by atoms with van der Waals surface area (Å²) in [5.41, 5.74) is 4.29. The van der Waals surface area contributed by atoms with Crippen LogP contribution in [0.4, 0.5) is 5.69 Å². The molecule has 0 atom stereocenters. The predicted octanol–water partition coefficient (Wildman–Crippen LogP) is 4.50. The van der Waals surface area contributed by atoms with Gasteiger partial charge in [0.05, 0.1) is 13.2 Å². The van der Waals surface area contributed by atoms with Gasteiger partial charge in [0.1, 0.15) is 11.6 Å². The van der Waals surface area contributed by atoms with Crippen molar-refractivity contribution in [2.24, 2.45) is 0 Å². The van der Waals surface area contributed by atoms with Gasteiger partial charge in [-0.3, -0.25) is 4.79 Å². The normalized spacial score (nSPS) is 11.0. The summed E-state index contributed by atoms with van der Waals surface area (Å²) in [6.07, 6.45) is 1.08. The van der Waals surface area contributed by atoms with Crippen LogP contribution in [0.3, 0.4) is 0 Å². The highest BCUT2D eigenvalue weighted by atomic mass is 16.5. The SMILES string of the molecule is COc1cc(/C=C(/C#N)C(=O)OC(C)C)ccc1OCC(=O)Nc1c(C)cc(C)cc1C. The molecule has 0 aliphatic rings. The van der Waals surface area contributed by atoms with Crippen LogP contribution in [-0.4, -0.2) is 31.7 Å². The number of hydrogen-bond donors (Lipinski definition) is 1. The van der Waals surface area contributed by atoms with Crippen LogP contribution in [0, 0.1) is 32.1 Å². The maximum atomic E-state index is 12.4. The molecule has 0 fully saturated rings. The van der Waals surface area contributed by atoms with Crippen molar-refractivity contribution in [3.05, 3.63) is 58.2 Å². The number of anilines is 1. The molecule has 2 aromatic rings. The summed E-state index contributed by atoms with van der Waals surface area (Å²) >= 11 is 0. The third kappa shape index (κ3) is 6.61. The smallest absolute Gasteiger partial charge is 0.349 e. The number of methoxy groups -OCH3 is 1. The average Bonchev–Trinajstić information content (AvgIpc) is 2.72. The van der Waals surface area contributed by atoms with Crippen molar-refractivity contribution in [2.75, 3.05) is 19.0 Å². The molecule has 0 aromatic heterocycles. The van der Waals surface area contributed by atoms with Gasteiger partial charge in [0.25, 0.3) is 5.91 Å². The molecule has 0 heterocycles. The molecule has 32 heavy (non-hydrogen) atoms. The number of rotatable bonds is 8. The Morgan fingerprint density at radius 2 is 1.75 bits per heavy atom. The van der Waals surface area contributed by atoms with E-state index in [1.54, 1.807) is 32.0 Å². The lowest BCUT2D eigenvalue weighted by Gasteiger charge is -2.14.